The zero-order valence-corrected chi connectivity index (χ0v) is 17.8. The molecule has 0 bridgehead atoms. The lowest BCUT2D eigenvalue weighted by atomic mass is 10.1. The second kappa shape index (κ2) is 11.8. The molecule has 0 saturated carbocycles. The number of methoxy groups -OCH3 is 1. The van der Waals surface area contributed by atoms with Crippen molar-refractivity contribution in [3.8, 4) is 11.5 Å². The molecule has 0 saturated heterocycles. The second-order valence-electron chi connectivity index (χ2n) is 7.00. The molecule has 0 unspecified atom stereocenters. The van der Waals surface area contributed by atoms with Crippen LogP contribution in [-0.4, -0.2) is 56.6 Å². The average molecular weight is 413 g/mol. The lowest BCUT2D eigenvalue weighted by molar-refractivity contribution is -0.126. The number of rotatable bonds is 11. The fourth-order valence-electron chi connectivity index (χ4n) is 2.75. The fraction of sp³-hybridized carbons (Fsp3) is 0.292. The van der Waals surface area contributed by atoms with E-state index in [-0.39, 0.29) is 18.3 Å². The summed E-state index contributed by atoms with van der Waals surface area (Å²) < 4.78 is 25.0. The summed E-state index contributed by atoms with van der Waals surface area (Å²) in [5.74, 6) is 0.672. The van der Waals surface area contributed by atoms with Crippen LogP contribution in [0, 0.1) is 5.82 Å². The summed E-state index contributed by atoms with van der Waals surface area (Å²) in [5.41, 5.74) is 1.29. The van der Waals surface area contributed by atoms with Crippen molar-refractivity contribution in [1.29, 1.82) is 0 Å². The summed E-state index contributed by atoms with van der Waals surface area (Å²) in [5, 5.41) is 0. The molecule has 5 nitrogen and oxygen atoms in total. The Morgan fingerprint density at radius 2 is 1.90 bits per heavy atom. The molecule has 0 spiro atoms. The number of nitrogens with zero attached hydrogens (tertiary/aromatic N) is 2. The monoisotopic (exact) mass is 412 g/mol. The minimum atomic E-state index is -0.316. The Morgan fingerprint density at radius 3 is 2.57 bits per heavy atom. The number of benzene rings is 2. The Bertz CT molecular complexity index is 881. The maximum Gasteiger partial charge on any atom is 0.246 e. The fourth-order valence-corrected chi connectivity index (χ4v) is 2.75. The summed E-state index contributed by atoms with van der Waals surface area (Å²) in [7, 11) is 5.43. The van der Waals surface area contributed by atoms with E-state index >= 15 is 0 Å². The molecule has 0 aliphatic carbocycles. The van der Waals surface area contributed by atoms with Crippen molar-refractivity contribution >= 4 is 12.0 Å². The maximum absolute atomic E-state index is 14.1. The summed E-state index contributed by atoms with van der Waals surface area (Å²) in [6.45, 7) is 5.38. The van der Waals surface area contributed by atoms with Crippen molar-refractivity contribution in [3.63, 3.8) is 0 Å². The molecule has 160 valence electrons. The lowest BCUT2D eigenvalue weighted by Gasteiger charge is -2.23. The van der Waals surface area contributed by atoms with Gasteiger partial charge < -0.3 is 19.3 Å². The van der Waals surface area contributed by atoms with Crippen LogP contribution < -0.4 is 9.47 Å². The van der Waals surface area contributed by atoms with E-state index in [2.05, 4.69) is 6.58 Å². The molecule has 6 heteroatoms. The minimum Gasteiger partial charge on any atom is -0.493 e. The highest BCUT2D eigenvalue weighted by Gasteiger charge is 2.14. The molecular formula is C24H29FN2O3. The quantitative estimate of drug-likeness (QED) is 0.413. The third-order valence-corrected chi connectivity index (χ3v) is 4.41. The van der Waals surface area contributed by atoms with E-state index in [0.29, 0.717) is 36.8 Å². The molecule has 2 aromatic rings. The van der Waals surface area contributed by atoms with E-state index in [1.165, 1.54) is 12.1 Å². The Balaban J connectivity index is 2.16. The molecule has 30 heavy (non-hydrogen) atoms. The van der Waals surface area contributed by atoms with Crippen LogP contribution in [0.2, 0.25) is 0 Å². The standard InChI is InChI=1S/C24H29FN2O3/c1-5-16-30-22-12-10-19(17-23(22)29-4)11-13-24(28)27(15-14-26(2)3)18-20-8-6-7-9-21(20)25/h5-13,17H,1,14-16,18H2,2-4H3/b13-11+. The molecule has 0 aliphatic rings. The van der Waals surface area contributed by atoms with Crippen LogP contribution in [0.25, 0.3) is 6.08 Å². The topological polar surface area (TPSA) is 42.0 Å². The van der Waals surface area contributed by atoms with E-state index in [9.17, 15) is 9.18 Å². The highest BCUT2D eigenvalue weighted by Crippen LogP contribution is 2.28. The predicted octanol–water partition coefficient (Wildman–Crippen LogP) is 4.00. The second-order valence-corrected chi connectivity index (χ2v) is 7.00. The SMILES string of the molecule is C=CCOc1ccc(/C=C/C(=O)N(CCN(C)C)Cc2ccccc2F)cc1OC. The van der Waals surface area contributed by atoms with Crippen LogP contribution in [0.3, 0.4) is 0 Å². The molecule has 0 radical (unpaired) electrons. The first-order valence-electron chi connectivity index (χ1n) is 9.71. The molecule has 0 heterocycles. The maximum atomic E-state index is 14.1. The van der Waals surface area contributed by atoms with Gasteiger partial charge in [0.25, 0.3) is 0 Å². The van der Waals surface area contributed by atoms with E-state index in [4.69, 9.17) is 9.47 Å². The summed E-state index contributed by atoms with van der Waals surface area (Å²) in [4.78, 5) is 16.5. The summed E-state index contributed by atoms with van der Waals surface area (Å²) in [6, 6.07) is 11.9. The number of halogens is 1. The summed E-state index contributed by atoms with van der Waals surface area (Å²) >= 11 is 0. The minimum absolute atomic E-state index is 0.189. The molecule has 0 atom stereocenters. The Labute approximate surface area is 178 Å². The molecule has 0 fully saturated rings. The molecule has 0 aromatic heterocycles. The number of ether oxygens (including phenoxy) is 2. The van der Waals surface area contributed by atoms with Gasteiger partial charge in [-0.25, -0.2) is 4.39 Å². The van der Waals surface area contributed by atoms with E-state index in [1.54, 1.807) is 54.5 Å². The van der Waals surface area contributed by atoms with Gasteiger partial charge in [0.15, 0.2) is 11.5 Å². The van der Waals surface area contributed by atoms with E-state index < -0.39 is 0 Å². The zero-order valence-electron chi connectivity index (χ0n) is 17.8. The number of likely N-dealkylation sites (N-methyl/N-ethyl adjacent to an activating group) is 1. The van der Waals surface area contributed by atoms with Gasteiger partial charge in [-0.05, 0) is 43.9 Å². The normalized spacial score (nSPS) is 11.0. The van der Waals surface area contributed by atoms with Crippen molar-refractivity contribution in [2.45, 2.75) is 6.54 Å². The average Bonchev–Trinajstić information content (AvgIpc) is 2.74. The van der Waals surface area contributed by atoms with Crippen LogP contribution >= 0.6 is 0 Å². The van der Waals surface area contributed by atoms with Crippen molar-refractivity contribution in [2.24, 2.45) is 0 Å². The van der Waals surface area contributed by atoms with Crippen molar-refractivity contribution in [2.75, 3.05) is 40.9 Å². The van der Waals surface area contributed by atoms with Crippen LogP contribution in [0.15, 0.2) is 61.2 Å². The van der Waals surface area contributed by atoms with Gasteiger partial charge in [0.1, 0.15) is 12.4 Å². The molecule has 2 aromatic carbocycles. The van der Waals surface area contributed by atoms with Gasteiger partial charge in [-0.2, -0.15) is 0 Å². The molecule has 1 amide bonds. The Hall–Kier alpha value is -3.12. The summed E-state index contributed by atoms with van der Waals surface area (Å²) in [6.07, 6.45) is 4.87. The Kier molecular flexibility index (Phi) is 9.09. The predicted molar refractivity (Wildman–Crippen MR) is 118 cm³/mol. The van der Waals surface area contributed by atoms with Crippen LogP contribution in [-0.2, 0) is 11.3 Å². The van der Waals surface area contributed by atoms with Gasteiger partial charge in [-0.3, -0.25) is 4.79 Å². The molecule has 2 rings (SSSR count). The highest BCUT2D eigenvalue weighted by atomic mass is 19.1. The van der Waals surface area contributed by atoms with Gasteiger partial charge in [-0.15, -0.1) is 0 Å². The third-order valence-electron chi connectivity index (χ3n) is 4.41. The molecule has 0 N–H and O–H groups in total. The van der Waals surface area contributed by atoms with E-state index in [1.807, 2.05) is 25.1 Å². The van der Waals surface area contributed by atoms with Crippen LogP contribution in [0.5, 0.6) is 11.5 Å². The van der Waals surface area contributed by atoms with Crippen molar-refractivity contribution < 1.29 is 18.7 Å². The number of hydrogen-bond acceptors (Lipinski definition) is 4. The van der Waals surface area contributed by atoms with Crippen LogP contribution in [0.1, 0.15) is 11.1 Å². The first-order chi connectivity index (χ1) is 14.4. The number of carbonyl (C=O) groups is 1. The number of carbonyl (C=O) groups excluding carboxylic acids is 1. The van der Waals surface area contributed by atoms with Gasteiger partial charge >= 0.3 is 0 Å². The molecule has 0 aliphatic heterocycles. The number of amides is 1. The molecular weight excluding hydrogens is 383 g/mol. The Morgan fingerprint density at radius 1 is 1.13 bits per heavy atom. The third kappa shape index (κ3) is 7.04. The smallest absolute Gasteiger partial charge is 0.246 e. The van der Waals surface area contributed by atoms with Crippen molar-refractivity contribution in [1.82, 2.24) is 9.80 Å². The largest absolute Gasteiger partial charge is 0.493 e. The first-order valence-corrected chi connectivity index (χ1v) is 9.71. The highest BCUT2D eigenvalue weighted by molar-refractivity contribution is 5.91. The van der Waals surface area contributed by atoms with Gasteiger partial charge in [-0.1, -0.05) is 36.9 Å². The van der Waals surface area contributed by atoms with E-state index in [0.717, 1.165) is 5.56 Å². The zero-order chi connectivity index (χ0) is 21.9. The van der Waals surface area contributed by atoms with Crippen LogP contribution in [0.4, 0.5) is 4.39 Å². The van der Waals surface area contributed by atoms with Crippen molar-refractivity contribution in [3.05, 3.63) is 78.1 Å². The van der Waals surface area contributed by atoms with Gasteiger partial charge in [0.05, 0.1) is 7.11 Å². The van der Waals surface area contributed by atoms with Gasteiger partial charge in [0, 0.05) is 31.3 Å². The number of hydrogen-bond donors (Lipinski definition) is 0. The first kappa shape index (κ1) is 23.2. The lowest BCUT2D eigenvalue weighted by Crippen LogP contribution is -2.35. The van der Waals surface area contributed by atoms with Gasteiger partial charge in [0.2, 0.25) is 5.91 Å².